The van der Waals surface area contributed by atoms with Gasteiger partial charge in [0.2, 0.25) is 0 Å². The fraction of sp³-hybridized carbons (Fsp3) is 0.357. The Hall–Kier alpha value is -1.01. The number of allylic oxidation sites excluding steroid dienone is 2. The molecule has 0 aliphatic carbocycles. The molecule has 1 nitrogen and oxygen atoms in total. The predicted octanol–water partition coefficient (Wildman–Crippen LogP) is 4.97. The molecule has 0 aromatic heterocycles. The number of rotatable bonds is 1. The Labute approximate surface area is 128 Å². The summed E-state index contributed by atoms with van der Waals surface area (Å²) in [5.41, 5.74) is 0.261. The molecule has 0 amide bonds. The number of hydrogen-bond acceptors (Lipinski definition) is 2. The fourth-order valence-electron chi connectivity index (χ4n) is 2.56. The van der Waals surface area contributed by atoms with Gasteiger partial charge in [-0.3, -0.25) is 4.99 Å². The van der Waals surface area contributed by atoms with Crippen LogP contribution in [-0.4, -0.2) is 22.9 Å². The van der Waals surface area contributed by atoms with Crippen LogP contribution in [0.4, 0.5) is 17.6 Å². The summed E-state index contributed by atoms with van der Waals surface area (Å²) < 4.78 is 52.1. The third-order valence-electron chi connectivity index (χ3n) is 3.53. The van der Waals surface area contributed by atoms with Crippen LogP contribution in [0, 0.1) is 5.82 Å². The van der Waals surface area contributed by atoms with E-state index in [4.69, 9.17) is 11.6 Å². The van der Waals surface area contributed by atoms with Crippen molar-refractivity contribution in [2.45, 2.75) is 23.8 Å². The van der Waals surface area contributed by atoms with Crippen molar-refractivity contribution < 1.29 is 17.6 Å². The minimum absolute atomic E-state index is 0.0819. The van der Waals surface area contributed by atoms with Crippen LogP contribution in [-0.2, 0) is 0 Å². The zero-order valence-corrected chi connectivity index (χ0v) is 12.2. The molecule has 2 atom stereocenters. The van der Waals surface area contributed by atoms with Crippen molar-refractivity contribution in [2.24, 2.45) is 4.99 Å². The van der Waals surface area contributed by atoms with Gasteiger partial charge in [-0.25, -0.2) is 4.39 Å². The quantitative estimate of drug-likeness (QED) is 0.660. The zero-order valence-electron chi connectivity index (χ0n) is 10.6. The SMILES string of the molecule is Fc1ccc(C2C=C(C(F)(F)F)N=C3CCSC32)cc1Cl. The number of fused-ring (bicyclic) bond motifs is 1. The van der Waals surface area contributed by atoms with Crippen molar-refractivity contribution in [3.05, 3.63) is 46.4 Å². The molecule has 0 radical (unpaired) electrons. The lowest BCUT2D eigenvalue weighted by atomic mass is 9.89. The molecule has 2 aliphatic heterocycles. The molecule has 1 saturated heterocycles. The first-order valence-electron chi connectivity index (χ1n) is 6.29. The Bertz CT molecular complexity index is 638. The lowest BCUT2D eigenvalue weighted by Gasteiger charge is -2.26. The first-order chi connectivity index (χ1) is 9.86. The zero-order chi connectivity index (χ0) is 15.2. The minimum Gasteiger partial charge on any atom is -0.252 e. The van der Waals surface area contributed by atoms with E-state index in [0.717, 1.165) is 11.8 Å². The maximum atomic E-state index is 13.2. The van der Waals surface area contributed by atoms with E-state index in [-0.39, 0.29) is 10.3 Å². The summed E-state index contributed by atoms with van der Waals surface area (Å²) in [6.07, 6.45) is -2.81. The van der Waals surface area contributed by atoms with E-state index >= 15 is 0 Å². The molecule has 112 valence electrons. The van der Waals surface area contributed by atoms with E-state index in [2.05, 4.69) is 4.99 Å². The van der Waals surface area contributed by atoms with Crippen molar-refractivity contribution in [1.29, 1.82) is 0 Å². The fourth-order valence-corrected chi connectivity index (χ4v) is 4.13. The van der Waals surface area contributed by atoms with Gasteiger partial charge >= 0.3 is 6.18 Å². The van der Waals surface area contributed by atoms with Gasteiger partial charge < -0.3 is 0 Å². The number of nitrogens with zero attached hydrogens (tertiary/aromatic N) is 1. The summed E-state index contributed by atoms with van der Waals surface area (Å²) in [7, 11) is 0. The largest absolute Gasteiger partial charge is 0.433 e. The Morgan fingerprint density at radius 1 is 1.29 bits per heavy atom. The molecule has 2 unspecified atom stereocenters. The van der Waals surface area contributed by atoms with Gasteiger partial charge in [0.1, 0.15) is 11.5 Å². The third kappa shape index (κ3) is 2.83. The van der Waals surface area contributed by atoms with Gasteiger partial charge in [-0.15, -0.1) is 0 Å². The van der Waals surface area contributed by atoms with Crippen LogP contribution in [0.5, 0.6) is 0 Å². The summed E-state index contributed by atoms with van der Waals surface area (Å²) in [5, 5.41) is -0.209. The molecule has 0 spiro atoms. The number of thioether (sulfide) groups is 1. The summed E-state index contributed by atoms with van der Waals surface area (Å²) in [6, 6.07) is 4.07. The highest BCUT2D eigenvalue weighted by molar-refractivity contribution is 8.01. The topological polar surface area (TPSA) is 12.4 Å². The van der Waals surface area contributed by atoms with E-state index in [1.165, 1.54) is 18.2 Å². The van der Waals surface area contributed by atoms with E-state index in [0.29, 0.717) is 17.7 Å². The number of hydrogen-bond donors (Lipinski definition) is 0. The van der Waals surface area contributed by atoms with Crippen LogP contribution in [0.1, 0.15) is 17.9 Å². The Balaban J connectivity index is 2.05. The number of alkyl halides is 3. The highest BCUT2D eigenvalue weighted by atomic mass is 35.5. The summed E-state index contributed by atoms with van der Waals surface area (Å²) in [4.78, 5) is 3.76. The van der Waals surface area contributed by atoms with Gasteiger partial charge in [-0.2, -0.15) is 24.9 Å². The van der Waals surface area contributed by atoms with Gasteiger partial charge in [0.25, 0.3) is 0 Å². The molecular weight excluding hydrogens is 326 g/mol. The summed E-state index contributed by atoms with van der Waals surface area (Å²) >= 11 is 7.32. The van der Waals surface area contributed by atoms with Crippen LogP contribution in [0.15, 0.2) is 35.0 Å². The average molecular weight is 336 g/mol. The Morgan fingerprint density at radius 3 is 2.71 bits per heavy atom. The molecule has 0 saturated carbocycles. The van der Waals surface area contributed by atoms with Crippen molar-refractivity contribution in [1.82, 2.24) is 0 Å². The molecular formula is C14H10ClF4NS. The maximum absolute atomic E-state index is 13.2. The first kappa shape index (κ1) is 14.9. The Kier molecular flexibility index (Phi) is 3.78. The predicted molar refractivity (Wildman–Crippen MR) is 76.6 cm³/mol. The van der Waals surface area contributed by atoms with E-state index in [1.807, 2.05) is 0 Å². The molecule has 7 heteroatoms. The molecule has 21 heavy (non-hydrogen) atoms. The van der Waals surface area contributed by atoms with Gasteiger partial charge in [-0.1, -0.05) is 17.7 Å². The maximum Gasteiger partial charge on any atom is 0.433 e. The van der Waals surface area contributed by atoms with Gasteiger partial charge in [0, 0.05) is 11.6 Å². The Morgan fingerprint density at radius 2 is 2.05 bits per heavy atom. The molecule has 2 aliphatic rings. The molecule has 0 N–H and O–H groups in total. The highest BCUT2D eigenvalue weighted by Gasteiger charge is 2.42. The van der Waals surface area contributed by atoms with E-state index in [1.54, 1.807) is 11.8 Å². The second-order valence-corrected chi connectivity index (χ2v) is 6.55. The lowest BCUT2D eigenvalue weighted by Crippen LogP contribution is -2.27. The monoisotopic (exact) mass is 335 g/mol. The molecule has 1 aromatic carbocycles. The first-order valence-corrected chi connectivity index (χ1v) is 7.72. The smallest absolute Gasteiger partial charge is 0.252 e. The van der Waals surface area contributed by atoms with Crippen LogP contribution in [0.3, 0.4) is 0 Å². The third-order valence-corrected chi connectivity index (χ3v) is 5.18. The van der Waals surface area contributed by atoms with Crippen molar-refractivity contribution in [2.75, 3.05) is 5.75 Å². The molecule has 3 rings (SSSR count). The molecule has 1 aromatic rings. The van der Waals surface area contributed by atoms with Crippen molar-refractivity contribution in [3.8, 4) is 0 Å². The number of benzene rings is 1. The molecule has 0 bridgehead atoms. The second-order valence-electron chi connectivity index (χ2n) is 4.89. The van der Waals surface area contributed by atoms with Crippen LogP contribution in [0.2, 0.25) is 5.02 Å². The summed E-state index contributed by atoms with van der Waals surface area (Å²) in [6.45, 7) is 0. The van der Waals surface area contributed by atoms with Crippen LogP contribution in [0.25, 0.3) is 0 Å². The van der Waals surface area contributed by atoms with E-state index in [9.17, 15) is 17.6 Å². The van der Waals surface area contributed by atoms with Gasteiger partial charge in [-0.05, 0) is 35.9 Å². The van der Waals surface area contributed by atoms with Crippen LogP contribution >= 0.6 is 23.4 Å². The lowest BCUT2D eigenvalue weighted by molar-refractivity contribution is -0.0928. The van der Waals surface area contributed by atoms with E-state index < -0.39 is 23.6 Å². The normalized spacial score (nSPS) is 25.4. The van der Waals surface area contributed by atoms with Gasteiger partial charge in [0.05, 0.1) is 10.3 Å². The van der Waals surface area contributed by atoms with Gasteiger partial charge in [0.15, 0.2) is 0 Å². The standard InChI is InChI=1S/C14H10ClF4NS/c15-9-5-7(1-2-10(9)16)8-6-12(14(17,18)19)20-11-3-4-21-13(8)11/h1-2,5-6,8,13H,3-4H2. The summed E-state index contributed by atoms with van der Waals surface area (Å²) in [5.74, 6) is -0.322. The van der Waals surface area contributed by atoms with Crippen LogP contribution < -0.4 is 0 Å². The van der Waals surface area contributed by atoms with Crippen molar-refractivity contribution >= 4 is 29.1 Å². The average Bonchev–Trinajstić information content (AvgIpc) is 2.88. The molecule has 1 fully saturated rings. The van der Waals surface area contributed by atoms with Crippen molar-refractivity contribution in [3.63, 3.8) is 0 Å². The molecule has 2 heterocycles. The number of aliphatic imine (C=N–C) groups is 1. The highest BCUT2D eigenvalue weighted by Crippen LogP contribution is 2.44. The second kappa shape index (κ2) is 5.32. The minimum atomic E-state index is -4.48. The number of halogens is 5.